The van der Waals surface area contributed by atoms with Crippen LogP contribution in [0.1, 0.15) is 26.6 Å². The summed E-state index contributed by atoms with van der Waals surface area (Å²) in [6.45, 7) is 5.54. The van der Waals surface area contributed by atoms with E-state index in [1.807, 2.05) is 19.9 Å². The number of methoxy groups -OCH3 is 1. The first-order valence-electron chi connectivity index (χ1n) is 6.50. The Hall–Kier alpha value is -2.11. The lowest BCUT2D eigenvalue weighted by atomic mass is 9.76. The highest BCUT2D eigenvalue weighted by Gasteiger charge is 2.37. The van der Waals surface area contributed by atoms with E-state index >= 15 is 0 Å². The summed E-state index contributed by atoms with van der Waals surface area (Å²) in [5.41, 5.74) is 0.450. The molecule has 0 aliphatic carbocycles. The van der Waals surface area contributed by atoms with E-state index in [0.29, 0.717) is 23.8 Å². The Kier molecular flexibility index (Phi) is 3.65. The van der Waals surface area contributed by atoms with E-state index in [1.165, 1.54) is 0 Å². The number of fused-ring (bicyclic) bond motifs is 1. The van der Waals surface area contributed by atoms with Crippen molar-refractivity contribution in [2.75, 3.05) is 7.11 Å². The van der Waals surface area contributed by atoms with Gasteiger partial charge in [0.05, 0.1) is 18.0 Å². The monoisotopic (exact) mass is 277 g/mol. The topological polar surface area (TPSA) is 88.1 Å². The number of carbonyl (C=O) groups is 1. The number of aliphatic carboxylic acids is 1. The van der Waals surface area contributed by atoms with Crippen LogP contribution in [0.3, 0.4) is 0 Å². The van der Waals surface area contributed by atoms with Gasteiger partial charge in [-0.1, -0.05) is 13.8 Å². The summed E-state index contributed by atoms with van der Waals surface area (Å²) in [7, 11) is 1.54. The van der Waals surface area contributed by atoms with Crippen molar-refractivity contribution in [2.45, 2.75) is 27.2 Å². The lowest BCUT2D eigenvalue weighted by molar-refractivity contribution is -0.150. The van der Waals surface area contributed by atoms with Crippen LogP contribution in [0.25, 0.3) is 11.2 Å². The number of carboxylic acid groups (broad SMARTS) is 1. The van der Waals surface area contributed by atoms with E-state index in [-0.39, 0.29) is 5.92 Å². The first-order valence-corrected chi connectivity index (χ1v) is 6.50. The largest absolute Gasteiger partial charge is 0.481 e. The van der Waals surface area contributed by atoms with Crippen molar-refractivity contribution in [3.05, 3.63) is 18.0 Å². The minimum atomic E-state index is -0.863. The number of nitrogens with one attached hydrogen (secondary N) is 1. The van der Waals surface area contributed by atoms with Crippen molar-refractivity contribution in [1.29, 1.82) is 0 Å². The maximum absolute atomic E-state index is 11.5. The number of imidazole rings is 1. The molecular formula is C14H19N3O3. The van der Waals surface area contributed by atoms with Crippen LogP contribution in [0.4, 0.5) is 0 Å². The van der Waals surface area contributed by atoms with Gasteiger partial charge in [-0.25, -0.2) is 4.98 Å². The molecule has 0 amide bonds. The van der Waals surface area contributed by atoms with Crippen molar-refractivity contribution in [1.82, 2.24) is 15.0 Å². The summed E-state index contributed by atoms with van der Waals surface area (Å²) in [6, 6.07) is 3.56. The summed E-state index contributed by atoms with van der Waals surface area (Å²) < 4.78 is 5.05. The Morgan fingerprint density at radius 3 is 2.70 bits per heavy atom. The highest BCUT2D eigenvalue weighted by Crippen LogP contribution is 2.31. The third-order valence-corrected chi connectivity index (χ3v) is 3.88. The third kappa shape index (κ3) is 2.45. The first kappa shape index (κ1) is 14.3. The van der Waals surface area contributed by atoms with Crippen LogP contribution in [-0.4, -0.2) is 33.1 Å². The zero-order chi connectivity index (χ0) is 14.9. The Morgan fingerprint density at radius 2 is 2.15 bits per heavy atom. The van der Waals surface area contributed by atoms with Crippen molar-refractivity contribution in [3.63, 3.8) is 0 Å². The number of H-pyrrole nitrogens is 1. The Morgan fingerprint density at radius 1 is 1.45 bits per heavy atom. The minimum absolute atomic E-state index is 0.00397. The number of nitrogens with zero attached hydrogens (tertiary/aromatic N) is 2. The van der Waals surface area contributed by atoms with Gasteiger partial charge in [0.15, 0.2) is 5.65 Å². The lowest BCUT2D eigenvalue weighted by Crippen LogP contribution is -2.35. The molecule has 0 saturated heterocycles. The van der Waals surface area contributed by atoms with E-state index in [2.05, 4.69) is 15.0 Å². The Bertz CT molecular complexity index is 636. The predicted molar refractivity (Wildman–Crippen MR) is 74.7 cm³/mol. The van der Waals surface area contributed by atoms with Gasteiger partial charge in [0, 0.05) is 12.5 Å². The molecule has 2 N–H and O–H groups in total. The zero-order valence-electron chi connectivity index (χ0n) is 12.1. The van der Waals surface area contributed by atoms with Crippen LogP contribution in [0.5, 0.6) is 5.88 Å². The second-order valence-electron chi connectivity index (χ2n) is 5.46. The number of hydrogen-bond acceptors (Lipinski definition) is 4. The number of aromatic nitrogens is 3. The van der Waals surface area contributed by atoms with Crippen LogP contribution in [-0.2, 0) is 11.2 Å². The summed E-state index contributed by atoms with van der Waals surface area (Å²) in [4.78, 5) is 23.2. The molecule has 6 nitrogen and oxygen atoms in total. The van der Waals surface area contributed by atoms with Crippen LogP contribution in [0.15, 0.2) is 12.1 Å². The molecule has 6 heteroatoms. The Balaban J connectivity index is 2.36. The molecule has 0 fully saturated rings. The van der Waals surface area contributed by atoms with Gasteiger partial charge in [-0.2, -0.15) is 4.98 Å². The van der Waals surface area contributed by atoms with Gasteiger partial charge in [0.2, 0.25) is 5.88 Å². The van der Waals surface area contributed by atoms with Gasteiger partial charge in [0.25, 0.3) is 0 Å². The fourth-order valence-electron chi connectivity index (χ4n) is 2.00. The van der Waals surface area contributed by atoms with E-state index in [0.717, 1.165) is 5.52 Å². The Labute approximate surface area is 117 Å². The van der Waals surface area contributed by atoms with E-state index in [9.17, 15) is 9.90 Å². The SMILES string of the molecule is COc1ccc2[nH]c(CC(C)(C(=O)O)C(C)C)nc2n1. The van der Waals surface area contributed by atoms with Gasteiger partial charge in [-0.3, -0.25) is 4.79 Å². The molecule has 20 heavy (non-hydrogen) atoms. The van der Waals surface area contributed by atoms with Crippen LogP contribution >= 0.6 is 0 Å². The fourth-order valence-corrected chi connectivity index (χ4v) is 2.00. The number of ether oxygens (including phenoxy) is 1. The second kappa shape index (κ2) is 5.11. The molecule has 2 heterocycles. The van der Waals surface area contributed by atoms with E-state index in [4.69, 9.17) is 4.74 Å². The summed E-state index contributed by atoms with van der Waals surface area (Å²) in [5.74, 6) is 0.286. The average molecular weight is 277 g/mol. The van der Waals surface area contributed by atoms with Gasteiger partial charge < -0.3 is 14.8 Å². The van der Waals surface area contributed by atoms with Crippen LogP contribution < -0.4 is 4.74 Å². The maximum atomic E-state index is 11.5. The van der Waals surface area contributed by atoms with Crippen molar-refractivity contribution in [3.8, 4) is 5.88 Å². The van der Waals surface area contributed by atoms with Crippen LogP contribution in [0, 0.1) is 11.3 Å². The molecule has 0 bridgehead atoms. The smallest absolute Gasteiger partial charge is 0.310 e. The average Bonchev–Trinajstić information content (AvgIpc) is 2.78. The highest BCUT2D eigenvalue weighted by atomic mass is 16.5. The molecule has 0 spiro atoms. The molecule has 0 radical (unpaired) electrons. The zero-order valence-corrected chi connectivity index (χ0v) is 12.1. The van der Waals surface area contributed by atoms with Crippen molar-refractivity contribution < 1.29 is 14.6 Å². The molecule has 108 valence electrons. The minimum Gasteiger partial charge on any atom is -0.481 e. The number of carboxylic acids is 1. The summed E-state index contributed by atoms with van der Waals surface area (Å²) in [6.07, 6.45) is 0.332. The van der Waals surface area contributed by atoms with Crippen molar-refractivity contribution in [2.24, 2.45) is 11.3 Å². The molecule has 1 unspecified atom stereocenters. The lowest BCUT2D eigenvalue weighted by Gasteiger charge is -2.27. The normalized spacial score (nSPS) is 14.4. The molecule has 0 aliphatic heterocycles. The fraction of sp³-hybridized carbons (Fsp3) is 0.500. The molecule has 2 rings (SSSR count). The number of aromatic amines is 1. The predicted octanol–water partition coefficient (Wildman–Crippen LogP) is 2.26. The van der Waals surface area contributed by atoms with Gasteiger partial charge in [0.1, 0.15) is 5.82 Å². The van der Waals surface area contributed by atoms with Crippen LogP contribution in [0.2, 0.25) is 0 Å². The standard InChI is InChI=1S/C14H19N3O3/c1-8(2)14(3,13(18)19)7-10-15-9-5-6-11(20-4)17-12(9)16-10/h5-6,8H,7H2,1-4H3,(H,18,19)(H,15,16,17). The molecular weight excluding hydrogens is 258 g/mol. The summed E-state index contributed by atoms with van der Waals surface area (Å²) in [5, 5.41) is 9.44. The molecule has 1 atom stereocenters. The number of pyridine rings is 1. The van der Waals surface area contributed by atoms with Crippen molar-refractivity contribution >= 4 is 17.1 Å². The quantitative estimate of drug-likeness (QED) is 0.875. The molecule has 0 saturated carbocycles. The second-order valence-corrected chi connectivity index (χ2v) is 5.46. The van der Waals surface area contributed by atoms with E-state index < -0.39 is 11.4 Å². The van der Waals surface area contributed by atoms with Gasteiger partial charge in [-0.15, -0.1) is 0 Å². The van der Waals surface area contributed by atoms with Gasteiger partial charge in [-0.05, 0) is 18.9 Å². The molecule has 2 aromatic rings. The summed E-state index contributed by atoms with van der Waals surface area (Å²) >= 11 is 0. The first-order chi connectivity index (χ1) is 9.36. The third-order valence-electron chi connectivity index (χ3n) is 3.88. The molecule has 0 aliphatic rings. The number of rotatable bonds is 5. The molecule has 0 aromatic carbocycles. The number of hydrogen-bond donors (Lipinski definition) is 2. The maximum Gasteiger partial charge on any atom is 0.310 e. The van der Waals surface area contributed by atoms with E-state index in [1.54, 1.807) is 20.1 Å². The highest BCUT2D eigenvalue weighted by molar-refractivity contribution is 5.75. The molecule has 2 aromatic heterocycles. The van der Waals surface area contributed by atoms with Gasteiger partial charge >= 0.3 is 5.97 Å².